The maximum atomic E-state index is 5.83. The zero-order chi connectivity index (χ0) is 14.9. The Morgan fingerprint density at radius 3 is 2.95 bits per heavy atom. The molecular formula is C19H20N2O. The topological polar surface area (TPSA) is 24.5 Å². The van der Waals surface area contributed by atoms with Crippen LogP contribution in [-0.2, 0) is 6.42 Å². The Morgan fingerprint density at radius 1 is 1.14 bits per heavy atom. The molecule has 2 aromatic rings. The van der Waals surface area contributed by atoms with Crippen LogP contribution in [0.5, 0.6) is 5.75 Å². The van der Waals surface area contributed by atoms with Crippen molar-refractivity contribution in [3.8, 4) is 5.75 Å². The summed E-state index contributed by atoms with van der Waals surface area (Å²) < 4.78 is 5.83. The molecule has 0 atom stereocenters. The molecular weight excluding hydrogens is 272 g/mol. The van der Waals surface area contributed by atoms with Crippen molar-refractivity contribution in [1.82, 2.24) is 5.32 Å². The molecule has 0 saturated heterocycles. The Kier molecular flexibility index (Phi) is 3.26. The van der Waals surface area contributed by atoms with Gasteiger partial charge in [0, 0.05) is 42.3 Å². The number of hydrogen-bond acceptors (Lipinski definition) is 3. The molecule has 0 fully saturated rings. The lowest BCUT2D eigenvalue weighted by atomic mass is 10.0. The van der Waals surface area contributed by atoms with Gasteiger partial charge >= 0.3 is 0 Å². The second-order valence-electron chi connectivity index (χ2n) is 5.74. The molecule has 2 heterocycles. The quantitative estimate of drug-likeness (QED) is 0.913. The summed E-state index contributed by atoms with van der Waals surface area (Å²) in [5.41, 5.74) is 6.26. The number of benzene rings is 2. The van der Waals surface area contributed by atoms with E-state index in [2.05, 4.69) is 58.8 Å². The SMILES string of the molecule is CNC1=CCOc2cc(N3CCCc4ccccc43)ccc21. The molecule has 22 heavy (non-hydrogen) atoms. The van der Waals surface area contributed by atoms with Crippen LogP contribution in [0.2, 0.25) is 0 Å². The van der Waals surface area contributed by atoms with Crippen LogP contribution >= 0.6 is 0 Å². The predicted molar refractivity (Wildman–Crippen MR) is 90.7 cm³/mol. The first-order chi connectivity index (χ1) is 10.9. The predicted octanol–water partition coefficient (Wildman–Crippen LogP) is 3.72. The van der Waals surface area contributed by atoms with E-state index in [1.807, 2.05) is 7.05 Å². The Hall–Kier alpha value is -2.42. The molecule has 2 aromatic carbocycles. The average Bonchev–Trinajstić information content (AvgIpc) is 2.60. The number of para-hydroxylation sites is 1. The minimum absolute atomic E-state index is 0.628. The van der Waals surface area contributed by atoms with E-state index in [4.69, 9.17) is 4.74 Å². The average molecular weight is 292 g/mol. The first kappa shape index (κ1) is 13.3. The van der Waals surface area contributed by atoms with Crippen molar-refractivity contribution in [3.63, 3.8) is 0 Å². The van der Waals surface area contributed by atoms with Crippen LogP contribution in [0.3, 0.4) is 0 Å². The van der Waals surface area contributed by atoms with Gasteiger partial charge in [-0.05, 0) is 42.7 Å². The second kappa shape index (κ2) is 5.41. The molecule has 2 aliphatic rings. The van der Waals surface area contributed by atoms with Crippen molar-refractivity contribution in [1.29, 1.82) is 0 Å². The van der Waals surface area contributed by atoms with Gasteiger partial charge in [0.1, 0.15) is 12.4 Å². The zero-order valence-corrected chi connectivity index (χ0v) is 12.8. The standard InChI is InChI=1S/C19H20N2O/c1-20-17-10-12-22-19-13-15(8-9-16(17)19)21-11-4-6-14-5-2-3-7-18(14)21/h2-3,5,7-10,13,20H,4,6,11-12H2,1H3. The van der Waals surface area contributed by atoms with Gasteiger partial charge in [0.15, 0.2) is 0 Å². The Bertz CT molecular complexity index is 736. The van der Waals surface area contributed by atoms with Gasteiger partial charge in [-0.3, -0.25) is 0 Å². The highest BCUT2D eigenvalue weighted by atomic mass is 16.5. The molecule has 3 heteroatoms. The van der Waals surface area contributed by atoms with Gasteiger partial charge in [0.2, 0.25) is 0 Å². The van der Waals surface area contributed by atoms with Crippen molar-refractivity contribution in [2.75, 3.05) is 25.1 Å². The van der Waals surface area contributed by atoms with E-state index >= 15 is 0 Å². The first-order valence-corrected chi connectivity index (χ1v) is 7.87. The highest BCUT2D eigenvalue weighted by molar-refractivity contribution is 5.76. The van der Waals surface area contributed by atoms with Gasteiger partial charge in [-0.25, -0.2) is 0 Å². The normalized spacial score (nSPS) is 16.2. The van der Waals surface area contributed by atoms with E-state index < -0.39 is 0 Å². The summed E-state index contributed by atoms with van der Waals surface area (Å²) in [4.78, 5) is 2.40. The van der Waals surface area contributed by atoms with Crippen LogP contribution in [0.15, 0.2) is 48.5 Å². The number of ether oxygens (including phenoxy) is 1. The van der Waals surface area contributed by atoms with Crippen LogP contribution < -0.4 is 15.0 Å². The summed E-state index contributed by atoms with van der Waals surface area (Å²) >= 11 is 0. The minimum atomic E-state index is 0.628. The van der Waals surface area contributed by atoms with Crippen LogP contribution in [-0.4, -0.2) is 20.2 Å². The molecule has 0 aromatic heterocycles. The lowest BCUT2D eigenvalue weighted by Gasteiger charge is -2.32. The molecule has 4 rings (SSSR count). The summed E-state index contributed by atoms with van der Waals surface area (Å²) in [6, 6.07) is 15.2. The number of aryl methyl sites for hydroxylation is 1. The lowest BCUT2D eigenvalue weighted by molar-refractivity contribution is 0.356. The van der Waals surface area contributed by atoms with Crippen molar-refractivity contribution in [2.45, 2.75) is 12.8 Å². The molecule has 2 aliphatic heterocycles. The summed E-state index contributed by atoms with van der Waals surface area (Å²) in [6.45, 7) is 1.69. The largest absolute Gasteiger partial charge is 0.489 e. The third-order valence-electron chi connectivity index (χ3n) is 4.47. The Balaban J connectivity index is 1.75. The monoisotopic (exact) mass is 292 g/mol. The Morgan fingerprint density at radius 2 is 2.05 bits per heavy atom. The molecule has 112 valence electrons. The van der Waals surface area contributed by atoms with Gasteiger partial charge in [-0.1, -0.05) is 18.2 Å². The second-order valence-corrected chi connectivity index (χ2v) is 5.74. The summed E-state index contributed by atoms with van der Waals surface area (Å²) in [7, 11) is 1.95. The highest BCUT2D eigenvalue weighted by Crippen LogP contribution is 2.37. The summed E-state index contributed by atoms with van der Waals surface area (Å²) in [5.74, 6) is 0.965. The van der Waals surface area contributed by atoms with Crippen molar-refractivity contribution >= 4 is 17.1 Å². The van der Waals surface area contributed by atoms with Gasteiger partial charge in [0.05, 0.1) is 0 Å². The summed E-state index contributed by atoms with van der Waals surface area (Å²) in [5, 5.41) is 3.24. The fourth-order valence-electron chi connectivity index (χ4n) is 3.38. The number of fused-ring (bicyclic) bond motifs is 2. The Labute approximate surface area is 131 Å². The first-order valence-electron chi connectivity index (χ1n) is 7.87. The van der Waals surface area contributed by atoms with E-state index in [-0.39, 0.29) is 0 Å². The molecule has 1 N–H and O–H groups in total. The molecule has 0 saturated carbocycles. The van der Waals surface area contributed by atoms with Gasteiger partial charge < -0.3 is 15.0 Å². The van der Waals surface area contributed by atoms with Gasteiger partial charge in [0.25, 0.3) is 0 Å². The van der Waals surface area contributed by atoms with Crippen LogP contribution in [0.25, 0.3) is 5.70 Å². The minimum Gasteiger partial charge on any atom is -0.489 e. The smallest absolute Gasteiger partial charge is 0.131 e. The summed E-state index contributed by atoms with van der Waals surface area (Å²) in [6.07, 6.45) is 4.44. The van der Waals surface area contributed by atoms with E-state index in [1.54, 1.807) is 0 Å². The highest BCUT2D eigenvalue weighted by Gasteiger charge is 2.20. The van der Waals surface area contributed by atoms with Crippen LogP contribution in [0.4, 0.5) is 11.4 Å². The fourth-order valence-corrected chi connectivity index (χ4v) is 3.38. The maximum absolute atomic E-state index is 5.83. The molecule has 0 spiro atoms. The van der Waals surface area contributed by atoms with E-state index in [0.29, 0.717) is 6.61 Å². The number of nitrogens with one attached hydrogen (secondary N) is 1. The lowest BCUT2D eigenvalue weighted by Crippen LogP contribution is -2.24. The van der Waals surface area contributed by atoms with Crippen molar-refractivity contribution < 1.29 is 4.74 Å². The molecule has 0 bridgehead atoms. The van der Waals surface area contributed by atoms with E-state index in [0.717, 1.165) is 23.6 Å². The van der Waals surface area contributed by atoms with Crippen LogP contribution in [0.1, 0.15) is 17.5 Å². The molecule has 3 nitrogen and oxygen atoms in total. The van der Waals surface area contributed by atoms with Crippen LogP contribution in [0, 0.1) is 0 Å². The number of nitrogens with zero attached hydrogens (tertiary/aromatic N) is 1. The molecule has 0 unspecified atom stereocenters. The maximum Gasteiger partial charge on any atom is 0.131 e. The number of hydrogen-bond donors (Lipinski definition) is 1. The molecule has 0 radical (unpaired) electrons. The van der Waals surface area contributed by atoms with Gasteiger partial charge in [-0.15, -0.1) is 0 Å². The third kappa shape index (κ3) is 2.13. The molecule has 0 aliphatic carbocycles. The van der Waals surface area contributed by atoms with E-state index in [1.165, 1.54) is 29.8 Å². The van der Waals surface area contributed by atoms with Gasteiger partial charge in [-0.2, -0.15) is 0 Å². The third-order valence-corrected chi connectivity index (χ3v) is 4.47. The zero-order valence-electron chi connectivity index (χ0n) is 12.8. The van der Waals surface area contributed by atoms with Crippen molar-refractivity contribution in [2.24, 2.45) is 0 Å². The molecule has 0 amide bonds. The number of rotatable bonds is 2. The fraction of sp³-hybridized carbons (Fsp3) is 0.263. The number of anilines is 2. The van der Waals surface area contributed by atoms with Crippen molar-refractivity contribution in [3.05, 3.63) is 59.7 Å². The van der Waals surface area contributed by atoms with E-state index in [9.17, 15) is 0 Å².